The van der Waals surface area contributed by atoms with Gasteiger partial charge in [0.25, 0.3) is 0 Å². The number of fused-ring (bicyclic) bond motifs is 9. The Kier molecular flexibility index (Phi) is 6.92. The Balaban J connectivity index is 1.06. The summed E-state index contributed by atoms with van der Waals surface area (Å²) in [7, 11) is 0. The fourth-order valence-corrected chi connectivity index (χ4v) is 8.48. The van der Waals surface area contributed by atoms with Gasteiger partial charge in [-0.15, -0.1) is 0 Å². The molecule has 0 atom stereocenters. The van der Waals surface area contributed by atoms with E-state index in [1.54, 1.807) is 0 Å². The van der Waals surface area contributed by atoms with Gasteiger partial charge in [0.2, 0.25) is 0 Å². The Labute approximate surface area is 317 Å². The molecule has 0 N–H and O–H groups in total. The van der Waals surface area contributed by atoms with Crippen LogP contribution in [0.5, 0.6) is 0 Å². The standard InChI is InChI=1S/C52H31N3/c1-53-41-24-28-50-47(32-41)46-30-39(23-27-49(46)55(50)42-12-3-2-4-13-42)34-15-18-36(19-16-34)52-45-26-21-35-10-7-8-14-43(35)51(45)44-25-22-40(31-48(44)54-52)38-20-17-33-9-5-6-11-37(33)29-38/h2-32H. The molecule has 2 aromatic heterocycles. The summed E-state index contributed by atoms with van der Waals surface area (Å²) in [6.45, 7) is 7.69. The molecule has 0 saturated heterocycles. The summed E-state index contributed by atoms with van der Waals surface area (Å²) in [5.41, 5.74) is 11.6. The third-order valence-corrected chi connectivity index (χ3v) is 11.2. The first-order chi connectivity index (χ1) is 27.2. The third-order valence-electron chi connectivity index (χ3n) is 11.2. The molecule has 0 unspecified atom stereocenters. The van der Waals surface area contributed by atoms with Crippen LogP contribution in [0.4, 0.5) is 5.69 Å². The SMILES string of the molecule is [C-]#[N+]c1ccc2c(c1)c1cc(-c3ccc(-c4nc5cc(-c6ccc7ccccc7c6)ccc5c5c4ccc4ccccc45)cc3)ccc1n2-c1ccccc1. The molecule has 3 heteroatoms. The van der Waals surface area contributed by atoms with E-state index >= 15 is 0 Å². The van der Waals surface area contributed by atoms with Gasteiger partial charge >= 0.3 is 0 Å². The van der Waals surface area contributed by atoms with Crippen molar-refractivity contribution in [3.8, 4) is 39.2 Å². The van der Waals surface area contributed by atoms with Crippen molar-refractivity contribution >= 4 is 70.7 Å². The van der Waals surface area contributed by atoms with Crippen LogP contribution in [-0.2, 0) is 0 Å². The van der Waals surface area contributed by atoms with E-state index in [0.717, 1.165) is 71.7 Å². The largest absolute Gasteiger partial charge is 0.309 e. The van der Waals surface area contributed by atoms with Crippen molar-refractivity contribution < 1.29 is 0 Å². The van der Waals surface area contributed by atoms with Crippen LogP contribution in [-0.4, -0.2) is 9.55 Å². The van der Waals surface area contributed by atoms with E-state index < -0.39 is 0 Å². The molecule has 0 aliphatic heterocycles. The van der Waals surface area contributed by atoms with Crippen LogP contribution < -0.4 is 0 Å². The molecule has 11 rings (SSSR count). The molecule has 2 heterocycles. The van der Waals surface area contributed by atoms with Crippen LogP contribution >= 0.6 is 0 Å². The van der Waals surface area contributed by atoms with Crippen molar-refractivity contribution in [3.63, 3.8) is 0 Å². The molecule has 254 valence electrons. The second kappa shape index (κ2) is 12.3. The van der Waals surface area contributed by atoms with Crippen LogP contribution in [0.3, 0.4) is 0 Å². The molecule has 0 aliphatic rings. The summed E-state index contributed by atoms with van der Waals surface area (Å²) in [6, 6.07) is 67.0. The smallest absolute Gasteiger partial charge is 0.188 e. The molecular weight excluding hydrogens is 667 g/mol. The second-order valence-corrected chi connectivity index (χ2v) is 14.3. The minimum Gasteiger partial charge on any atom is -0.309 e. The lowest BCUT2D eigenvalue weighted by molar-refractivity contribution is 1.18. The lowest BCUT2D eigenvalue weighted by Gasteiger charge is -2.14. The van der Waals surface area contributed by atoms with Crippen LogP contribution in [0.15, 0.2) is 188 Å². The first-order valence-corrected chi connectivity index (χ1v) is 18.6. The average Bonchev–Trinajstić information content (AvgIpc) is 3.58. The van der Waals surface area contributed by atoms with Crippen molar-refractivity contribution in [1.29, 1.82) is 0 Å². The quantitative estimate of drug-likeness (QED) is 0.133. The average molecular weight is 698 g/mol. The Morgan fingerprint density at radius 1 is 0.400 bits per heavy atom. The normalized spacial score (nSPS) is 11.6. The number of hydrogen-bond donors (Lipinski definition) is 0. The Morgan fingerprint density at radius 3 is 1.84 bits per heavy atom. The maximum atomic E-state index is 7.69. The van der Waals surface area contributed by atoms with E-state index in [1.165, 1.54) is 32.5 Å². The minimum atomic E-state index is 0.640. The molecule has 0 amide bonds. The number of para-hydroxylation sites is 1. The summed E-state index contributed by atoms with van der Waals surface area (Å²) < 4.78 is 2.29. The van der Waals surface area contributed by atoms with Crippen molar-refractivity contribution in [2.24, 2.45) is 0 Å². The van der Waals surface area contributed by atoms with Crippen molar-refractivity contribution in [2.75, 3.05) is 0 Å². The Bertz CT molecular complexity index is 3370. The predicted octanol–water partition coefficient (Wildman–Crippen LogP) is 14.3. The van der Waals surface area contributed by atoms with Crippen LogP contribution in [0.1, 0.15) is 0 Å². The molecule has 55 heavy (non-hydrogen) atoms. The molecule has 0 fully saturated rings. The van der Waals surface area contributed by atoms with Gasteiger partial charge in [0.05, 0.1) is 28.8 Å². The van der Waals surface area contributed by atoms with Gasteiger partial charge in [-0.25, -0.2) is 9.83 Å². The van der Waals surface area contributed by atoms with E-state index in [4.69, 9.17) is 11.6 Å². The summed E-state index contributed by atoms with van der Waals surface area (Å²) in [5, 5.41) is 10.6. The first kappa shape index (κ1) is 31.0. The molecule has 0 aliphatic carbocycles. The predicted molar refractivity (Wildman–Crippen MR) is 231 cm³/mol. The fourth-order valence-electron chi connectivity index (χ4n) is 8.48. The van der Waals surface area contributed by atoms with E-state index in [9.17, 15) is 0 Å². The number of pyridine rings is 1. The van der Waals surface area contributed by atoms with Gasteiger partial charge in [-0.1, -0.05) is 140 Å². The summed E-state index contributed by atoms with van der Waals surface area (Å²) >= 11 is 0. The number of nitrogens with zero attached hydrogens (tertiary/aromatic N) is 3. The fraction of sp³-hybridized carbons (Fsp3) is 0. The maximum absolute atomic E-state index is 7.69. The summed E-state index contributed by atoms with van der Waals surface area (Å²) in [6.07, 6.45) is 0. The van der Waals surface area contributed by atoms with Gasteiger partial charge in [0.15, 0.2) is 5.69 Å². The minimum absolute atomic E-state index is 0.640. The Morgan fingerprint density at radius 2 is 1.00 bits per heavy atom. The Hall–Kier alpha value is -7.54. The molecular formula is C52H31N3. The van der Waals surface area contributed by atoms with E-state index in [2.05, 4.69) is 179 Å². The zero-order valence-electron chi connectivity index (χ0n) is 29.7. The van der Waals surface area contributed by atoms with E-state index in [0.29, 0.717) is 5.69 Å². The van der Waals surface area contributed by atoms with Crippen LogP contribution in [0.25, 0.3) is 109 Å². The zero-order valence-corrected chi connectivity index (χ0v) is 29.7. The lowest BCUT2D eigenvalue weighted by atomic mass is 9.93. The van der Waals surface area contributed by atoms with Gasteiger partial charge in [0.1, 0.15) is 0 Å². The molecule has 0 radical (unpaired) electrons. The third kappa shape index (κ3) is 5.00. The summed E-state index contributed by atoms with van der Waals surface area (Å²) in [5.74, 6) is 0. The number of benzene rings is 9. The molecule has 9 aromatic carbocycles. The highest BCUT2D eigenvalue weighted by Crippen LogP contribution is 2.40. The number of aromatic nitrogens is 2. The van der Waals surface area contributed by atoms with E-state index in [-0.39, 0.29) is 0 Å². The van der Waals surface area contributed by atoms with Crippen molar-refractivity contribution in [1.82, 2.24) is 9.55 Å². The van der Waals surface area contributed by atoms with Gasteiger partial charge in [-0.3, -0.25) is 0 Å². The lowest BCUT2D eigenvalue weighted by Crippen LogP contribution is -1.93. The molecule has 11 aromatic rings. The maximum Gasteiger partial charge on any atom is 0.188 e. The van der Waals surface area contributed by atoms with E-state index in [1.807, 2.05) is 18.2 Å². The van der Waals surface area contributed by atoms with Crippen molar-refractivity contribution in [2.45, 2.75) is 0 Å². The molecule has 0 saturated carbocycles. The number of hydrogen-bond acceptors (Lipinski definition) is 1. The molecule has 0 bridgehead atoms. The van der Waals surface area contributed by atoms with Crippen LogP contribution in [0, 0.1) is 6.57 Å². The number of rotatable bonds is 4. The van der Waals surface area contributed by atoms with Gasteiger partial charge in [-0.2, -0.15) is 0 Å². The summed E-state index contributed by atoms with van der Waals surface area (Å²) in [4.78, 5) is 9.18. The van der Waals surface area contributed by atoms with Gasteiger partial charge < -0.3 is 4.57 Å². The highest BCUT2D eigenvalue weighted by atomic mass is 15.0. The first-order valence-electron chi connectivity index (χ1n) is 18.6. The van der Waals surface area contributed by atoms with Gasteiger partial charge in [0, 0.05) is 32.8 Å². The second-order valence-electron chi connectivity index (χ2n) is 14.3. The zero-order chi connectivity index (χ0) is 36.5. The van der Waals surface area contributed by atoms with Gasteiger partial charge in [-0.05, 0) is 97.7 Å². The molecule has 0 spiro atoms. The van der Waals surface area contributed by atoms with Crippen molar-refractivity contribution in [3.05, 3.63) is 199 Å². The van der Waals surface area contributed by atoms with Crippen LogP contribution in [0.2, 0.25) is 0 Å². The highest BCUT2D eigenvalue weighted by Gasteiger charge is 2.17. The monoisotopic (exact) mass is 697 g/mol. The molecule has 3 nitrogen and oxygen atoms in total. The topological polar surface area (TPSA) is 22.2 Å². The highest BCUT2D eigenvalue weighted by molar-refractivity contribution is 6.22.